The zero-order valence-electron chi connectivity index (χ0n) is 10.6. The Balaban J connectivity index is 2.41. The first-order chi connectivity index (χ1) is 9.81. The van der Waals surface area contributed by atoms with E-state index in [-0.39, 0.29) is 27.0 Å². The van der Waals surface area contributed by atoms with Crippen molar-refractivity contribution >= 4 is 39.0 Å². The smallest absolute Gasteiger partial charge is 0.265 e. The number of carbonyl (C=O) groups is 1. The van der Waals surface area contributed by atoms with Crippen LogP contribution < -0.4 is 16.2 Å². The van der Waals surface area contributed by atoms with Gasteiger partial charge in [0.15, 0.2) is 5.82 Å². The van der Waals surface area contributed by atoms with E-state index in [1.807, 2.05) is 0 Å². The van der Waals surface area contributed by atoms with Crippen LogP contribution >= 0.6 is 11.6 Å². The van der Waals surface area contributed by atoms with Gasteiger partial charge in [0.25, 0.3) is 10.0 Å². The third kappa shape index (κ3) is 3.23. The van der Waals surface area contributed by atoms with Crippen LogP contribution in [-0.4, -0.2) is 19.3 Å². The monoisotopic (exact) mass is 326 g/mol. The summed E-state index contributed by atoms with van der Waals surface area (Å²) in [5.41, 5.74) is 10.8. The molecule has 0 bridgehead atoms. The van der Waals surface area contributed by atoms with Gasteiger partial charge >= 0.3 is 0 Å². The Hall–Kier alpha value is -2.32. The number of pyridine rings is 1. The number of nitrogens with zero attached hydrogens (tertiary/aromatic N) is 1. The van der Waals surface area contributed by atoms with E-state index in [2.05, 4.69) is 9.71 Å². The van der Waals surface area contributed by atoms with Crippen LogP contribution in [-0.2, 0) is 10.0 Å². The molecule has 0 aliphatic rings. The Labute approximate surface area is 126 Å². The number of sulfonamides is 1. The molecule has 0 saturated heterocycles. The maximum atomic E-state index is 12.2. The highest BCUT2D eigenvalue weighted by atomic mass is 35.5. The number of nitrogens with two attached hydrogens (primary N) is 2. The third-order valence-electron chi connectivity index (χ3n) is 2.57. The van der Waals surface area contributed by atoms with Gasteiger partial charge in [-0.25, -0.2) is 13.4 Å². The zero-order chi connectivity index (χ0) is 15.6. The van der Waals surface area contributed by atoms with Crippen molar-refractivity contribution in [3.8, 4) is 0 Å². The molecule has 0 unspecified atom stereocenters. The van der Waals surface area contributed by atoms with Crippen LogP contribution in [0.5, 0.6) is 0 Å². The summed E-state index contributed by atoms with van der Waals surface area (Å²) in [6.45, 7) is 0. The highest BCUT2D eigenvalue weighted by molar-refractivity contribution is 7.92. The number of halogens is 1. The fourth-order valence-electron chi connectivity index (χ4n) is 1.59. The first kappa shape index (κ1) is 15.1. The van der Waals surface area contributed by atoms with E-state index in [1.54, 1.807) is 6.07 Å². The lowest BCUT2D eigenvalue weighted by molar-refractivity contribution is 0.1000. The van der Waals surface area contributed by atoms with Crippen molar-refractivity contribution in [2.24, 2.45) is 5.73 Å². The third-order valence-corrected chi connectivity index (χ3v) is 4.29. The lowest BCUT2D eigenvalue weighted by atomic mass is 10.2. The number of nitrogen functional groups attached to an aromatic ring is 1. The second kappa shape index (κ2) is 5.58. The molecule has 1 heterocycles. The van der Waals surface area contributed by atoms with Gasteiger partial charge in [0.1, 0.15) is 4.90 Å². The van der Waals surface area contributed by atoms with E-state index >= 15 is 0 Å². The molecule has 0 aliphatic heterocycles. The van der Waals surface area contributed by atoms with Gasteiger partial charge in [-0.05, 0) is 30.3 Å². The van der Waals surface area contributed by atoms with Gasteiger partial charge in [-0.1, -0.05) is 11.6 Å². The molecule has 0 saturated carbocycles. The maximum Gasteiger partial charge on any atom is 0.265 e. The van der Waals surface area contributed by atoms with Gasteiger partial charge in [-0.3, -0.25) is 9.52 Å². The minimum absolute atomic E-state index is 0.0162. The predicted molar refractivity (Wildman–Crippen MR) is 79.4 cm³/mol. The van der Waals surface area contributed by atoms with Crippen LogP contribution in [0.2, 0.25) is 5.02 Å². The molecule has 1 aromatic heterocycles. The standard InChI is InChI=1S/C12H11ClN4O3S/c13-8-2-1-5-16-12(8)17-21(19,20)10-4-3-7(11(15)18)6-9(10)14/h1-6H,14H2,(H2,15,18)(H,16,17). The van der Waals surface area contributed by atoms with Gasteiger partial charge in [-0.15, -0.1) is 0 Å². The minimum atomic E-state index is -3.98. The highest BCUT2D eigenvalue weighted by Gasteiger charge is 2.20. The summed E-state index contributed by atoms with van der Waals surface area (Å²) in [6, 6.07) is 6.71. The van der Waals surface area contributed by atoms with Gasteiger partial charge in [0.2, 0.25) is 5.91 Å². The lowest BCUT2D eigenvalue weighted by Crippen LogP contribution is -2.17. The Kier molecular flexibility index (Phi) is 4.01. The molecule has 0 spiro atoms. The topological polar surface area (TPSA) is 128 Å². The maximum absolute atomic E-state index is 12.2. The molecule has 0 atom stereocenters. The number of amides is 1. The lowest BCUT2D eigenvalue weighted by Gasteiger charge is -2.11. The van der Waals surface area contributed by atoms with Crippen LogP contribution in [0.25, 0.3) is 0 Å². The summed E-state index contributed by atoms with van der Waals surface area (Å²) in [5.74, 6) is -0.719. The first-order valence-electron chi connectivity index (χ1n) is 5.64. The molecule has 1 amide bonds. The molecule has 21 heavy (non-hydrogen) atoms. The summed E-state index contributed by atoms with van der Waals surface area (Å²) in [5, 5.41) is 0.147. The molecule has 7 nitrogen and oxygen atoms in total. The average molecular weight is 327 g/mol. The molecule has 0 fully saturated rings. The van der Waals surface area contributed by atoms with Crippen molar-refractivity contribution in [2.75, 3.05) is 10.5 Å². The fourth-order valence-corrected chi connectivity index (χ4v) is 2.96. The predicted octanol–water partition coefficient (Wildman–Crippen LogP) is 1.22. The average Bonchev–Trinajstić information content (AvgIpc) is 2.40. The van der Waals surface area contributed by atoms with Crippen molar-refractivity contribution in [3.05, 3.63) is 47.1 Å². The number of hydrogen-bond acceptors (Lipinski definition) is 5. The largest absolute Gasteiger partial charge is 0.398 e. The molecule has 9 heteroatoms. The Morgan fingerprint density at radius 3 is 2.57 bits per heavy atom. The number of carbonyl (C=O) groups excluding carboxylic acids is 1. The Bertz CT molecular complexity index is 808. The van der Waals surface area contributed by atoms with Crippen LogP contribution in [0.15, 0.2) is 41.4 Å². The summed E-state index contributed by atoms with van der Waals surface area (Å²) in [7, 11) is -3.98. The number of aromatic nitrogens is 1. The highest BCUT2D eigenvalue weighted by Crippen LogP contribution is 2.25. The minimum Gasteiger partial charge on any atom is -0.398 e. The quantitative estimate of drug-likeness (QED) is 0.727. The van der Waals surface area contributed by atoms with Crippen LogP contribution in [0.4, 0.5) is 11.5 Å². The molecule has 2 rings (SSSR count). The van der Waals surface area contributed by atoms with Crippen molar-refractivity contribution < 1.29 is 13.2 Å². The summed E-state index contributed by atoms with van der Waals surface area (Å²) < 4.78 is 26.7. The van der Waals surface area contributed by atoms with E-state index in [0.29, 0.717) is 0 Å². The first-order valence-corrected chi connectivity index (χ1v) is 7.50. The molecule has 0 radical (unpaired) electrons. The molecule has 0 aliphatic carbocycles. The number of hydrogen-bond donors (Lipinski definition) is 3. The van der Waals surface area contributed by atoms with E-state index in [9.17, 15) is 13.2 Å². The van der Waals surface area contributed by atoms with Crippen molar-refractivity contribution in [2.45, 2.75) is 4.90 Å². The van der Waals surface area contributed by atoms with E-state index < -0.39 is 15.9 Å². The normalized spacial score (nSPS) is 11.1. The zero-order valence-corrected chi connectivity index (χ0v) is 12.1. The van der Waals surface area contributed by atoms with Crippen LogP contribution in [0.3, 0.4) is 0 Å². The molecule has 1 aromatic carbocycles. The van der Waals surface area contributed by atoms with Crippen LogP contribution in [0.1, 0.15) is 10.4 Å². The van der Waals surface area contributed by atoms with Gasteiger partial charge in [0.05, 0.1) is 10.7 Å². The number of primary amides is 1. The Morgan fingerprint density at radius 2 is 2.00 bits per heavy atom. The summed E-state index contributed by atoms with van der Waals surface area (Å²) in [6.07, 6.45) is 1.39. The number of anilines is 2. The molecular weight excluding hydrogens is 316 g/mol. The molecule has 5 N–H and O–H groups in total. The second-order valence-corrected chi connectivity index (χ2v) is 6.11. The van der Waals surface area contributed by atoms with Gasteiger partial charge in [0, 0.05) is 11.8 Å². The van der Waals surface area contributed by atoms with Gasteiger partial charge < -0.3 is 11.5 Å². The fraction of sp³-hybridized carbons (Fsp3) is 0. The summed E-state index contributed by atoms with van der Waals surface area (Å²) in [4.78, 5) is 14.7. The summed E-state index contributed by atoms with van der Waals surface area (Å²) >= 11 is 5.84. The van der Waals surface area contributed by atoms with Gasteiger partial charge in [-0.2, -0.15) is 0 Å². The van der Waals surface area contributed by atoms with E-state index in [1.165, 1.54) is 30.5 Å². The number of rotatable bonds is 4. The SMILES string of the molecule is NC(=O)c1ccc(S(=O)(=O)Nc2ncccc2Cl)c(N)c1. The van der Waals surface area contributed by atoms with Crippen LogP contribution in [0, 0.1) is 0 Å². The van der Waals surface area contributed by atoms with Crippen molar-refractivity contribution in [3.63, 3.8) is 0 Å². The van der Waals surface area contributed by atoms with Crippen molar-refractivity contribution in [1.29, 1.82) is 0 Å². The molecular formula is C12H11ClN4O3S. The number of benzene rings is 1. The number of nitrogens with one attached hydrogen (secondary N) is 1. The van der Waals surface area contributed by atoms with Crippen molar-refractivity contribution in [1.82, 2.24) is 4.98 Å². The second-order valence-electron chi connectivity index (χ2n) is 4.06. The molecule has 110 valence electrons. The molecule has 2 aromatic rings. The van der Waals surface area contributed by atoms with E-state index in [4.69, 9.17) is 23.1 Å². The Morgan fingerprint density at radius 1 is 1.29 bits per heavy atom. The van der Waals surface area contributed by atoms with E-state index in [0.717, 1.165) is 0 Å².